The Bertz CT molecular complexity index is 704. The van der Waals surface area contributed by atoms with Crippen molar-refractivity contribution in [2.75, 3.05) is 39.4 Å². The summed E-state index contributed by atoms with van der Waals surface area (Å²) >= 11 is 0. The number of carbonyl (C=O) groups is 1. The highest BCUT2D eigenvalue weighted by Gasteiger charge is 2.35. The maximum atomic E-state index is 13.2. The van der Waals surface area contributed by atoms with Gasteiger partial charge in [0.1, 0.15) is 0 Å². The zero-order valence-electron chi connectivity index (χ0n) is 17.2. The van der Waals surface area contributed by atoms with E-state index in [-0.39, 0.29) is 5.91 Å². The number of allylic oxidation sites excluding steroid dienone is 1. The summed E-state index contributed by atoms with van der Waals surface area (Å²) in [6, 6.07) is 0.533. The molecule has 0 radical (unpaired) electrons. The van der Waals surface area contributed by atoms with Crippen LogP contribution in [0.3, 0.4) is 0 Å². The maximum absolute atomic E-state index is 13.2. The predicted molar refractivity (Wildman–Crippen MR) is 110 cm³/mol. The second-order valence-corrected chi connectivity index (χ2v) is 8.48. The first-order valence-corrected chi connectivity index (χ1v) is 11.0. The van der Waals surface area contributed by atoms with Crippen molar-refractivity contribution in [3.05, 3.63) is 29.6 Å². The Kier molecular flexibility index (Phi) is 6.16. The number of nitrogens with zero attached hydrogens (tertiary/aromatic N) is 4. The van der Waals surface area contributed by atoms with Crippen molar-refractivity contribution in [1.29, 1.82) is 0 Å². The highest BCUT2D eigenvalue weighted by molar-refractivity contribution is 5.94. The van der Waals surface area contributed by atoms with E-state index in [1.54, 1.807) is 0 Å². The topological polar surface area (TPSA) is 50.6 Å². The van der Waals surface area contributed by atoms with Gasteiger partial charge in [0, 0.05) is 36.9 Å². The molecule has 0 N–H and O–H groups in total. The molecule has 0 bridgehead atoms. The number of amides is 1. The number of aromatic nitrogens is 2. The average Bonchev–Trinajstić information content (AvgIpc) is 3.48. The lowest BCUT2D eigenvalue weighted by molar-refractivity contribution is 0.0297. The van der Waals surface area contributed by atoms with Crippen LogP contribution >= 0.6 is 0 Å². The summed E-state index contributed by atoms with van der Waals surface area (Å²) < 4.78 is 7.43. The number of ether oxygens (including phenoxy) is 1. The molecule has 28 heavy (non-hydrogen) atoms. The highest BCUT2D eigenvalue weighted by Crippen LogP contribution is 2.33. The highest BCUT2D eigenvalue weighted by atomic mass is 16.5. The van der Waals surface area contributed by atoms with E-state index in [9.17, 15) is 4.79 Å². The fourth-order valence-electron chi connectivity index (χ4n) is 4.68. The first kappa shape index (κ1) is 19.6. The Morgan fingerprint density at radius 1 is 1.32 bits per heavy atom. The smallest absolute Gasteiger partial charge is 0.274 e. The first-order chi connectivity index (χ1) is 13.7. The van der Waals surface area contributed by atoms with E-state index in [1.807, 2.05) is 15.7 Å². The summed E-state index contributed by atoms with van der Waals surface area (Å²) in [5, 5.41) is 4.76. The number of morpholine rings is 1. The number of fused-ring (bicyclic) bond motifs is 1. The van der Waals surface area contributed by atoms with Gasteiger partial charge in [-0.3, -0.25) is 14.4 Å². The van der Waals surface area contributed by atoms with Crippen molar-refractivity contribution in [3.63, 3.8) is 0 Å². The van der Waals surface area contributed by atoms with Crippen LogP contribution in [0.15, 0.2) is 12.7 Å². The molecular formula is C22H34N4O2. The van der Waals surface area contributed by atoms with Gasteiger partial charge in [-0.05, 0) is 51.0 Å². The molecule has 0 aromatic carbocycles. The monoisotopic (exact) mass is 386 g/mol. The number of carbonyl (C=O) groups excluding carboxylic acids is 1. The second-order valence-electron chi connectivity index (χ2n) is 8.48. The minimum Gasteiger partial charge on any atom is -0.378 e. The molecule has 3 aliphatic rings. The van der Waals surface area contributed by atoms with Gasteiger partial charge in [-0.15, -0.1) is 6.58 Å². The maximum Gasteiger partial charge on any atom is 0.274 e. The van der Waals surface area contributed by atoms with Crippen LogP contribution in [0.4, 0.5) is 0 Å². The van der Waals surface area contributed by atoms with Gasteiger partial charge in [0.05, 0.1) is 19.8 Å². The normalized spacial score (nSPS) is 22.4. The van der Waals surface area contributed by atoms with E-state index < -0.39 is 0 Å². The molecule has 1 aromatic heterocycles. The fraction of sp³-hybridized carbons (Fsp3) is 0.727. The molecule has 6 nitrogen and oxygen atoms in total. The lowest BCUT2D eigenvalue weighted by Gasteiger charge is -2.35. The Labute approximate surface area is 168 Å². The van der Waals surface area contributed by atoms with Crippen molar-refractivity contribution >= 4 is 5.91 Å². The lowest BCUT2D eigenvalue weighted by Crippen LogP contribution is -2.43. The number of hydrogen-bond acceptors (Lipinski definition) is 4. The lowest BCUT2D eigenvalue weighted by atomic mass is 9.89. The third kappa shape index (κ3) is 4.18. The quantitative estimate of drug-likeness (QED) is 0.644. The van der Waals surface area contributed by atoms with Crippen LogP contribution in [-0.4, -0.2) is 70.9 Å². The van der Waals surface area contributed by atoms with Crippen molar-refractivity contribution in [2.24, 2.45) is 5.92 Å². The molecule has 1 saturated carbocycles. The SMILES string of the molecule is C=CCn1nc(C(=O)N2CCOCC2)c2c1CCC(N(CCC)CC1CC1)C2. The molecule has 1 aliphatic heterocycles. The summed E-state index contributed by atoms with van der Waals surface area (Å²) in [6.07, 6.45) is 8.94. The molecule has 1 unspecified atom stereocenters. The van der Waals surface area contributed by atoms with Gasteiger partial charge in [-0.2, -0.15) is 5.10 Å². The Morgan fingerprint density at radius 2 is 2.11 bits per heavy atom. The number of rotatable bonds is 8. The molecule has 6 heteroatoms. The van der Waals surface area contributed by atoms with E-state index in [2.05, 4.69) is 18.4 Å². The van der Waals surface area contributed by atoms with Crippen LogP contribution in [0.5, 0.6) is 0 Å². The molecule has 1 saturated heterocycles. The van der Waals surface area contributed by atoms with Crippen LogP contribution in [0, 0.1) is 5.92 Å². The van der Waals surface area contributed by atoms with Gasteiger partial charge >= 0.3 is 0 Å². The predicted octanol–water partition coefficient (Wildman–Crippen LogP) is 2.52. The molecule has 1 amide bonds. The summed E-state index contributed by atoms with van der Waals surface area (Å²) in [6.45, 7) is 11.8. The summed E-state index contributed by atoms with van der Waals surface area (Å²) in [5.74, 6) is 0.970. The van der Waals surface area contributed by atoms with Crippen LogP contribution in [0.2, 0.25) is 0 Å². The molecule has 0 spiro atoms. The Balaban J connectivity index is 1.58. The van der Waals surface area contributed by atoms with E-state index in [0.717, 1.165) is 31.7 Å². The minimum absolute atomic E-state index is 0.0762. The first-order valence-electron chi connectivity index (χ1n) is 11.0. The van der Waals surface area contributed by atoms with E-state index in [1.165, 1.54) is 37.1 Å². The van der Waals surface area contributed by atoms with Crippen LogP contribution in [0.25, 0.3) is 0 Å². The van der Waals surface area contributed by atoms with Gasteiger partial charge in [0.15, 0.2) is 5.69 Å². The summed E-state index contributed by atoms with van der Waals surface area (Å²) in [7, 11) is 0. The largest absolute Gasteiger partial charge is 0.378 e. The van der Waals surface area contributed by atoms with Crippen LogP contribution in [-0.2, 0) is 24.1 Å². The fourth-order valence-corrected chi connectivity index (χ4v) is 4.68. The van der Waals surface area contributed by atoms with Crippen molar-refractivity contribution in [2.45, 2.75) is 58.0 Å². The van der Waals surface area contributed by atoms with E-state index in [0.29, 0.717) is 44.6 Å². The molecule has 2 aliphatic carbocycles. The summed E-state index contributed by atoms with van der Waals surface area (Å²) in [5.41, 5.74) is 3.11. The van der Waals surface area contributed by atoms with Crippen LogP contribution < -0.4 is 0 Å². The average molecular weight is 387 g/mol. The van der Waals surface area contributed by atoms with Crippen molar-refractivity contribution in [3.8, 4) is 0 Å². The third-order valence-electron chi connectivity index (χ3n) is 6.34. The Morgan fingerprint density at radius 3 is 2.79 bits per heavy atom. The van der Waals surface area contributed by atoms with E-state index in [4.69, 9.17) is 9.84 Å². The van der Waals surface area contributed by atoms with E-state index >= 15 is 0 Å². The minimum atomic E-state index is 0.0762. The summed E-state index contributed by atoms with van der Waals surface area (Å²) in [4.78, 5) is 17.8. The van der Waals surface area contributed by atoms with Crippen molar-refractivity contribution < 1.29 is 9.53 Å². The molecule has 2 heterocycles. The number of hydrogen-bond donors (Lipinski definition) is 0. The molecule has 1 atom stereocenters. The van der Waals surface area contributed by atoms with Gasteiger partial charge in [-0.1, -0.05) is 13.0 Å². The Hall–Kier alpha value is -1.66. The standard InChI is InChI=1S/C22H34N4O2/c1-3-9-25(16-17-5-6-17)18-7-8-20-19(15-18)21(23-26(20)10-4-2)22(27)24-11-13-28-14-12-24/h4,17-18H,2-3,5-16H2,1H3. The van der Waals surface area contributed by atoms with Gasteiger partial charge in [0.25, 0.3) is 5.91 Å². The van der Waals surface area contributed by atoms with Crippen LogP contribution in [0.1, 0.15) is 54.4 Å². The van der Waals surface area contributed by atoms with Crippen molar-refractivity contribution in [1.82, 2.24) is 19.6 Å². The molecule has 2 fully saturated rings. The molecular weight excluding hydrogens is 352 g/mol. The van der Waals surface area contributed by atoms with Gasteiger partial charge < -0.3 is 9.64 Å². The third-order valence-corrected chi connectivity index (χ3v) is 6.34. The second kappa shape index (κ2) is 8.78. The van der Waals surface area contributed by atoms with Gasteiger partial charge in [0.2, 0.25) is 0 Å². The van der Waals surface area contributed by atoms with Gasteiger partial charge in [-0.25, -0.2) is 0 Å². The molecule has 4 rings (SSSR count). The zero-order valence-corrected chi connectivity index (χ0v) is 17.2. The zero-order chi connectivity index (χ0) is 19.5. The molecule has 1 aromatic rings. The molecule has 154 valence electrons.